The van der Waals surface area contributed by atoms with Crippen LogP contribution < -0.4 is 0 Å². The Kier molecular flexibility index (Phi) is 19.1. The van der Waals surface area contributed by atoms with Crippen molar-refractivity contribution in [1.82, 2.24) is 0 Å². The second kappa shape index (κ2) is 25.5. The predicted octanol–water partition coefficient (Wildman–Crippen LogP) is 3.33. The molecule has 6 unspecified atom stereocenters. The van der Waals surface area contributed by atoms with E-state index in [1.807, 2.05) is 88.4 Å². The van der Waals surface area contributed by atoms with Gasteiger partial charge in [0.1, 0.15) is 108 Å². The first kappa shape index (κ1) is 57.6. The number of hydrogen-bond donors (Lipinski definition) is 12. The summed E-state index contributed by atoms with van der Waals surface area (Å²) < 4.78 is 35.1. The maximum Gasteiger partial charge on any atom is 0.124 e. The van der Waals surface area contributed by atoms with Gasteiger partial charge in [-0.2, -0.15) is 0 Å². The van der Waals surface area contributed by atoms with Gasteiger partial charge in [0, 0.05) is 11.1 Å². The molecule has 6 aromatic rings. The number of rotatable bonds is 2. The van der Waals surface area contributed by atoms with Gasteiger partial charge in [-0.05, 0) is 119 Å². The largest absolute Gasteiger partial charge is 0.508 e. The molecule has 0 saturated carbocycles. The van der Waals surface area contributed by atoms with Crippen LogP contribution in [0, 0.1) is 27.7 Å². The van der Waals surface area contributed by atoms with Crippen molar-refractivity contribution < 1.29 is 94.4 Å². The van der Waals surface area contributed by atoms with E-state index in [2.05, 4.69) is 4.74 Å². The lowest BCUT2D eigenvalue weighted by Crippen LogP contribution is -2.30. The molecule has 7 fully saturated rings. The molecule has 12 N–H and O–H groups in total. The molecule has 7 aliphatic rings. The van der Waals surface area contributed by atoms with Crippen molar-refractivity contribution in [2.75, 3.05) is 52.9 Å². The summed E-state index contributed by atoms with van der Waals surface area (Å²) in [6.07, 6.45) is -6.40. The van der Waals surface area contributed by atoms with Crippen LogP contribution in [0.25, 0.3) is 43.8 Å². The number of aryl methyl sites for hydroxylation is 4. The van der Waals surface area contributed by atoms with Crippen LogP contribution in [0.1, 0.15) is 22.3 Å². The Labute approximate surface area is 445 Å². The molecule has 0 amide bonds. The average molecular weight is 1070 g/mol. The summed E-state index contributed by atoms with van der Waals surface area (Å²) in [6, 6.07) is 30.0. The Morgan fingerprint density at radius 2 is 0.571 bits per heavy atom. The Morgan fingerprint density at radius 3 is 0.818 bits per heavy atom. The lowest BCUT2D eigenvalue weighted by molar-refractivity contribution is 0.00201. The molecule has 7 heterocycles. The maximum absolute atomic E-state index is 10.4. The summed E-state index contributed by atoms with van der Waals surface area (Å²) in [7, 11) is 0. The van der Waals surface area contributed by atoms with E-state index in [1.54, 1.807) is 36.4 Å². The topological polar surface area (TPSA) is 307 Å². The highest BCUT2D eigenvalue weighted by Gasteiger charge is 2.48. The minimum absolute atomic E-state index is 0.172. The monoisotopic (exact) mass is 1070 g/mol. The van der Waals surface area contributed by atoms with Gasteiger partial charge in [-0.3, -0.25) is 0 Å². The normalized spacial score (nSPS) is 30.3. The number of ether oxygens (including phenoxy) is 7. The third kappa shape index (κ3) is 13.1. The van der Waals surface area contributed by atoms with E-state index in [0.29, 0.717) is 22.6 Å². The SMILES string of the molecule is Cc1cc(O)cc(C)c1-c1c(C)cc(O)cc1C.O[C@@H]1COC2C1OC[C@@H]2O.O[C@@H]1COC2C1OC[C@H]2O.O[C@H]1COC2C1OC[C@@H]2O.O[C@H]1COC[C@@H]1O.Oc1ccc2ccccc2c1-c1c(O)ccc2ccccc12. The Bertz CT molecular complexity index is 2620. The van der Waals surface area contributed by atoms with Gasteiger partial charge in [0.2, 0.25) is 0 Å². The summed E-state index contributed by atoms with van der Waals surface area (Å²) in [5.41, 5.74) is 7.81. The van der Waals surface area contributed by atoms with Crippen molar-refractivity contribution in [1.29, 1.82) is 0 Å². The first-order valence-electron chi connectivity index (χ1n) is 25.6. The van der Waals surface area contributed by atoms with E-state index < -0.39 is 48.8 Å². The van der Waals surface area contributed by atoms with Crippen molar-refractivity contribution in [2.45, 2.75) is 113 Å². The van der Waals surface area contributed by atoms with E-state index in [0.717, 1.165) is 54.9 Å². The van der Waals surface area contributed by atoms with Crippen LogP contribution in [0.4, 0.5) is 0 Å². The van der Waals surface area contributed by atoms with Crippen molar-refractivity contribution in [3.63, 3.8) is 0 Å². The van der Waals surface area contributed by atoms with Crippen LogP contribution in [0.5, 0.6) is 23.0 Å². The Balaban J connectivity index is 0.000000128. The first-order valence-corrected chi connectivity index (χ1v) is 25.6. The molecule has 7 saturated heterocycles. The van der Waals surface area contributed by atoms with Crippen molar-refractivity contribution in [2.24, 2.45) is 0 Å². The van der Waals surface area contributed by atoms with Gasteiger partial charge in [0.25, 0.3) is 0 Å². The van der Waals surface area contributed by atoms with Gasteiger partial charge in [-0.25, -0.2) is 0 Å². The fourth-order valence-corrected chi connectivity index (χ4v) is 10.6. The molecule has 19 heteroatoms. The average Bonchev–Trinajstić information content (AvgIpc) is 4.34. The number of aromatic hydroxyl groups is 4. The summed E-state index contributed by atoms with van der Waals surface area (Å²) >= 11 is 0. The minimum Gasteiger partial charge on any atom is -0.508 e. The van der Waals surface area contributed by atoms with Crippen LogP contribution >= 0.6 is 0 Å². The summed E-state index contributed by atoms with van der Waals surface area (Å²) in [6.45, 7) is 10.2. The van der Waals surface area contributed by atoms with Gasteiger partial charge in [0.15, 0.2) is 0 Å². The summed E-state index contributed by atoms with van der Waals surface area (Å²) in [5.74, 6) is 0.932. The zero-order valence-electron chi connectivity index (χ0n) is 43.2. The van der Waals surface area contributed by atoms with Gasteiger partial charge < -0.3 is 94.4 Å². The molecule has 416 valence electrons. The fraction of sp³-hybridized carbons (Fsp3) is 0.448. The van der Waals surface area contributed by atoms with E-state index in [-0.39, 0.29) is 101 Å². The molecule has 14 atom stereocenters. The van der Waals surface area contributed by atoms with Crippen molar-refractivity contribution >= 4 is 21.5 Å². The smallest absolute Gasteiger partial charge is 0.124 e. The highest BCUT2D eigenvalue weighted by Crippen LogP contribution is 2.44. The van der Waals surface area contributed by atoms with Gasteiger partial charge in [-0.1, -0.05) is 60.7 Å². The number of phenols is 4. The van der Waals surface area contributed by atoms with Crippen LogP contribution in [-0.4, -0.2) is 200 Å². The third-order valence-electron chi connectivity index (χ3n) is 14.4. The number of phenolic OH excluding ortho intramolecular Hbond substituents is 4. The Hall–Kier alpha value is -5.56. The van der Waals surface area contributed by atoms with Crippen LogP contribution in [0.3, 0.4) is 0 Å². The molecule has 19 nitrogen and oxygen atoms in total. The third-order valence-corrected chi connectivity index (χ3v) is 14.4. The summed E-state index contributed by atoms with van der Waals surface area (Å²) in [5, 5.41) is 116. The molecule has 7 aliphatic heterocycles. The molecular formula is C58H70O19. The molecule has 0 spiro atoms. The molecule has 0 radical (unpaired) electrons. The fourth-order valence-electron chi connectivity index (χ4n) is 10.6. The second-order valence-electron chi connectivity index (χ2n) is 20.1. The van der Waals surface area contributed by atoms with E-state index in [1.165, 1.54) is 0 Å². The molecule has 13 rings (SSSR count). The van der Waals surface area contributed by atoms with E-state index >= 15 is 0 Å². The highest BCUT2D eigenvalue weighted by atomic mass is 16.6. The van der Waals surface area contributed by atoms with Gasteiger partial charge >= 0.3 is 0 Å². The molecule has 0 aliphatic carbocycles. The van der Waals surface area contributed by atoms with Crippen molar-refractivity contribution in [3.05, 3.63) is 119 Å². The highest BCUT2D eigenvalue weighted by molar-refractivity contribution is 6.09. The zero-order valence-corrected chi connectivity index (χ0v) is 43.2. The van der Waals surface area contributed by atoms with Crippen LogP contribution in [0.2, 0.25) is 0 Å². The number of fused-ring (bicyclic) bond motifs is 5. The summed E-state index contributed by atoms with van der Waals surface area (Å²) in [4.78, 5) is 0. The quantitative estimate of drug-likeness (QED) is 0.118. The van der Waals surface area contributed by atoms with E-state index in [9.17, 15) is 20.4 Å². The van der Waals surface area contributed by atoms with Crippen LogP contribution in [0.15, 0.2) is 97.1 Å². The second-order valence-corrected chi connectivity index (χ2v) is 20.1. The standard InChI is InChI=1S/C20H14O2.C16H18O2.3C6H10O4.C4H8O3/c21-17-11-9-13-5-1-3-7-15(13)19(17)20-16-8-4-2-6-14(16)10-12-18(20)22;1-9-5-13(17)6-10(2)15(9)16-11(3)7-14(18)8-12(16)4;3*7-3-1-9-6-4(8)2-10-5(3)6;5-3-1-7-2-4(3)6/h1-12,21-22H;5-8,17-18H,1-4H3;3*3-8H,1-2H2;3-6H,1-2H2/t;;3-,4+,5?,6?;2*3-,4-,5?,6?;3-,4-/m...100/s1. The molecule has 0 bridgehead atoms. The minimum atomic E-state index is -0.653. The molecular weight excluding hydrogens is 1000 g/mol. The Morgan fingerprint density at radius 1 is 0.312 bits per heavy atom. The van der Waals surface area contributed by atoms with E-state index in [4.69, 9.17) is 69.3 Å². The van der Waals surface area contributed by atoms with Crippen LogP contribution in [-0.2, 0) is 33.2 Å². The number of aliphatic hydroxyl groups is 8. The molecule has 6 aromatic carbocycles. The lowest BCUT2D eigenvalue weighted by atomic mass is 9.89. The number of hydrogen-bond acceptors (Lipinski definition) is 19. The number of aliphatic hydroxyl groups excluding tert-OH is 8. The number of benzene rings is 6. The zero-order chi connectivity index (χ0) is 55.2. The van der Waals surface area contributed by atoms with Gasteiger partial charge in [0.05, 0.1) is 52.9 Å². The molecule has 77 heavy (non-hydrogen) atoms. The molecule has 0 aromatic heterocycles. The first-order chi connectivity index (χ1) is 36.8. The van der Waals surface area contributed by atoms with Crippen molar-refractivity contribution in [3.8, 4) is 45.3 Å². The lowest BCUT2D eigenvalue weighted by Gasteiger charge is -2.16. The predicted molar refractivity (Wildman–Crippen MR) is 282 cm³/mol. The van der Waals surface area contributed by atoms with Gasteiger partial charge in [-0.15, -0.1) is 0 Å². The maximum atomic E-state index is 10.4.